The first-order valence-electron chi connectivity index (χ1n) is 2.95. The molecule has 0 atom stereocenters. The first-order chi connectivity index (χ1) is 5.88. The van der Waals surface area contributed by atoms with Gasteiger partial charge in [-0.05, 0) is 0 Å². The number of ether oxygens (including phenoxy) is 1. The third kappa shape index (κ3) is 3.28. The van der Waals surface area contributed by atoms with Gasteiger partial charge in [0.05, 0.1) is 11.2 Å². The number of aromatic nitrogens is 1. The largest absolute Gasteiger partial charge is 0.573 e. The topological polar surface area (TPSA) is 22.1 Å². The number of hydrogen-bond donors (Lipinski definition) is 0. The molecule has 1 heterocycles. The van der Waals surface area contributed by atoms with Gasteiger partial charge in [0, 0.05) is 6.07 Å². The van der Waals surface area contributed by atoms with Gasteiger partial charge in [0.2, 0.25) is 0 Å². The van der Waals surface area contributed by atoms with Crippen molar-refractivity contribution in [1.29, 1.82) is 0 Å². The van der Waals surface area contributed by atoms with Crippen molar-refractivity contribution in [1.82, 2.24) is 4.98 Å². The zero-order chi connectivity index (χ0) is 10.1. The van der Waals surface area contributed by atoms with Gasteiger partial charge in [-0.15, -0.1) is 13.2 Å². The lowest BCUT2D eigenvalue weighted by molar-refractivity contribution is -0.274. The highest BCUT2D eigenvalue weighted by molar-refractivity contribution is 6.41. The maximum absolute atomic E-state index is 11.6. The summed E-state index contributed by atoms with van der Waals surface area (Å²) < 4.78 is 38.5. The van der Waals surface area contributed by atoms with Crippen LogP contribution >= 0.6 is 23.2 Å². The molecule has 72 valence electrons. The van der Waals surface area contributed by atoms with Crippen LogP contribution < -0.4 is 4.74 Å². The normalized spacial score (nSPS) is 11.5. The van der Waals surface area contributed by atoms with Crippen LogP contribution in [0.4, 0.5) is 13.2 Å². The van der Waals surface area contributed by atoms with E-state index >= 15 is 0 Å². The average molecular weight is 232 g/mol. The predicted molar refractivity (Wildman–Crippen MR) is 40.9 cm³/mol. The molecule has 13 heavy (non-hydrogen) atoms. The Hall–Kier alpha value is -0.680. The maximum atomic E-state index is 11.6. The molecule has 0 saturated heterocycles. The van der Waals surface area contributed by atoms with E-state index in [0.717, 1.165) is 12.3 Å². The van der Waals surface area contributed by atoms with Gasteiger partial charge in [-0.1, -0.05) is 23.2 Å². The number of halogens is 5. The Kier molecular flexibility index (Phi) is 2.87. The molecule has 2 nitrogen and oxygen atoms in total. The van der Waals surface area contributed by atoms with Crippen molar-refractivity contribution >= 4 is 23.2 Å². The van der Waals surface area contributed by atoms with Crippen LogP contribution in [-0.2, 0) is 0 Å². The molecule has 0 aliphatic carbocycles. The van der Waals surface area contributed by atoms with E-state index in [0.29, 0.717) is 0 Å². The summed E-state index contributed by atoms with van der Waals surface area (Å²) in [5.41, 5.74) is 0. The van der Waals surface area contributed by atoms with Crippen LogP contribution in [0.5, 0.6) is 5.75 Å². The lowest BCUT2D eigenvalue weighted by Gasteiger charge is -2.08. The first-order valence-corrected chi connectivity index (χ1v) is 3.71. The highest BCUT2D eigenvalue weighted by Crippen LogP contribution is 2.27. The summed E-state index contributed by atoms with van der Waals surface area (Å²) in [7, 11) is 0. The monoisotopic (exact) mass is 231 g/mol. The third-order valence-electron chi connectivity index (χ3n) is 1.00. The zero-order valence-corrected chi connectivity index (χ0v) is 7.41. The lowest BCUT2D eigenvalue weighted by atomic mass is 10.5. The van der Waals surface area contributed by atoms with Crippen LogP contribution in [0.15, 0.2) is 12.3 Å². The molecule has 0 aliphatic heterocycles. The summed E-state index contributed by atoms with van der Waals surface area (Å²) in [5, 5.41) is -0.167. The van der Waals surface area contributed by atoms with Crippen LogP contribution in [0.1, 0.15) is 0 Å². The summed E-state index contributed by atoms with van der Waals surface area (Å²) in [6.45, 7) is 0. The van der Waals surface area contributed by atoms with Crippen molar-refractivity contribution in [3.8, 4) is 5.75 Å². The Morgan fingerprint density at radius 1 is 1.31 bits per heavy atom. The number of nitrogens with zero attached hydrogens (tertiary/aromatic N) is 1. The van der Waals surface area contributed by atoms with Gasteiger partial charge in [0.25, 0.3) is 0 Å². The minimum atomic E-state index is -4.75. The smallest absolute Gasteiger partial charge is 0.404 e. The van der Waals surface area contributed by atoms with Gasteiger partial charge in [-0.3, -0.25) is 0 Å². The van der Waals surface area contributed by atoms with Crippen LogP contribution in [0.25, 0.3) is 0 Å². The van der Waals surface area contributed by atoms with Gasteiger partial charge >= 0.3 is 6.36 Å². The molecule has 0 N–H and O–H groups in total. The minimum Gasteiger partial charge on any atom is -0.404 e. The fourth-order valence-electron chi connectivity index (χ4n) is 0.593. The number of alkyl halides is 3. The van der Waals surface area contributed by atoms with Gasteiger partial charge in [0.15, 0.2) is 0 Å². The third-order valence-corrected chi connectivity index (χ3v) is 1.69. The molecule has 0 fully saturated rings. The second-order valence-electron chi connectivity index (χ2n) is 1.99. The maximum Gasteiger partial charge on any atom is 0.573 e. The first kappa shape index (κ1) is 10.4. The summed E-state index contributed by atoms with van der Waals surface area (Å²) in [5.74, 6) is -0.498. The number of hydrogen-bond acceptors (Lipinski definition) is 2. The molecule has 0 bridgehead atoms. The molecule has 0 spiro atoms. The van der Waals surface area contributed by atoms with Gasteiger partial charge in [-0.25, -0.2) is 4.98 Å². The summed E-state index contributed by atoms with van der Waals surface area (Å²) in [4.78, 5) is 3.37. The zero-order valence-electron chi connectivity index (χ0n) is 5.90. The Morgan fingerprint density at radius 2 is 1.92 bits per heavy atom. The molecular formula is C6H2Cl2F3NO. The number of pyridine rings is 1. The van der Waals surface area contributed by atoms with Crippen molar-refractivity contribution in [2.75, 3.05) is 0 Å². The van der Waals surface area contributed by atoms with Crippen molar-refractivity contribution in [2.24, 2.45) is 0 Å². The molecule has 0 aromatic carbocycles. The van der Waals surface area contributed by atoms with Crippen molar-refractivity contribution in [2.45, 2.75) is 6.36 Å². The molecule has 1 rings (SSSR count). The van der Waals surface area contributed by atoms with E-state index in [4.69, 9.17) is 23.2 Å². The highest BCUT2D eigenvalue weighted by Gasteiger charge is 2.31. The molecule has 0 aliphatic rings. The summed E-state index contributed by atoms with van der Waals surface area (Å²) >= 11 is 10.8. The second kappa shape index (κ2) is 3.59. The van der Waals surface area contributed by atoms with E-state index in [2.05, 4.69) is 9.72 Å². The molecule has 1 aromatic rings. The van der Waals surface area contributed by atoms with Crippen molar-refractivity contribution in [3.05, 3.63) is 22.4 Å². The molecule has 0 amide bonds. The van der Waals surface area contributed by atoms with Crippen LogP contribution in [0.3, 0.4) is 0 Å². The van der Waals surface area contributed by atoms with Gasteiger partial charge in [0.1, 0.15) is 10.9 Å². The lowest BCUT2D eigenvalue weighted by Crippen LogP contribution is -2.17. The molecular weight excluding hydrogens is 230 g/mol. The van der Waals surface area contributed by atoms with Gasteiger partial charge < -0.3 is 4.74 Å². The Morgan fingerprint density at radius 3 is 2.38 bits per heavy atom. The minimum absolute atomic E-state index is 0.0730. The molecule has 7 heteroatoms. The van der Waals surface area contributed by atoms with E-state index in [1.807, 2.05) is 0 Å². The van der Waals surface area contributed by atoms with Crippen LogP contribution in [0, 0.1) is 0 Å². The molecule has 0 saturated carbocycles. The van der Waals surface area contributed by atoms with E-state index in [-0.39, 0.29) is 10.2 Å². The van der Waals surface area contributed by atoms with E-state index < -0.39 is 12.1 Å². The Bertz CT molecular complexity index is 315. The Labute approximate surface area is 81.2 Å². The van der Waals surface area contributed by atoms with Gasteiger partial charge in [-0.2, -0.15) is 0 Å². The Balaban J connectivity index is 2.86. The SMILES string of the molecule is FC(F)(F)Oc1cnc(Cl)c(Cl)c1. The molecule has 0 unspecified atom stereocenters. The molecule has 1 aromatic heterocycles. The van der Waals surface area contributed by atoms with Crippen molar-refractivity contribution in [3.63, 3.8) is 0 Å². The fourth-order valence-corrected chi connectivity index (χ4v) is 0.853. The fraction of sp³-hybridized carbons (Fsp3) is 0.167. The molecule has 0 radical (unpaired) electrons. The summed E-state index contributed by atoms with van der Waals surface area (Å²) in [6, 6.07) is 0.935. The second-order valence-corrected chi connectivity index (χ2v) is 2.76. The van der Waals surface area contributed by atoms with E-state index in [1.165, 1.54) is 0 Å². The van der Waals surface area contributed by atoms with Crippen LogP contribution in [0.2, 0.25) is 10.2 Å². The predicted octanol–water partition coefficient (Wildman–Crippen LogP) is 3.29. The standard InChI is InChI=1S/C6H2Cl2F3NO/c7-4-1-3(2-12-5(4)8)13-6(9,10)11/h1-2H. The van der Waals surface area contributed by atoms with Crippen molar-refractivity contribution < 1.29 is 17.9 Å². The average Bonchev–Trinajstić information content (AvgIpc) is 1.94. The number of rotatable bonds is 1. The summed E-state index contributed by atoms with van der Waals surface area (Å²) in [6.07, 6.45) is -3.92. The van der Waals surface area contributed by atoms with E-state index in [9.17, 15) is 13.2 Å². The quantitative estimate of drug-likeness (QED) is 0.693. The van der Waals surface area contributed by atoms with Crippen LogP contribution in [-0.4, -0.2) is 11.3 Å². The highest BCUT2D eigenvalue weighted by atomic mass is 35.5. The van der Waals surface area contributed by atoms with E-state index in [1.54, 1.807) is 0 Å².